The zero-order valence-corrected chi connectivity index (χ0v) is 11.2. The maximum Gasteiger partial charge on any atom is 0.115 e. The van der Waals surface area contributed by atoms with E-state index in [0.717, 1.165) is 18.9 Å². The number of aromatic hydroxyl groups is 1. The molecular formula is C16H25NO. The van der Waals surface area contributed by atoms with Crippen LogP contribution in [-0.2, 0) is 6.42 Å². The molecule has 1 fully saturated rings. The highest BCUT2D eigenvalue weighted by atomic mass is 16.3. The number of rotatable bonds is 5. The van der Waals surface area contributed by atoms with Gasteiger partial charge in [0.15, 0.2) is 0 Å². The SMILES string of the molecule is Oc1ccc(CCNCC2CCCCCC2)cc1. The van der Waals surface area contributed by atoms with Crippen LogP contribution >= 0.6 is 0 Å². The first-order valence-corrected chi connectivity index (χ1v) is 7.33. The lowest BCUT2D eigenvalue weighted by Crippen LogP contribution is -2.24. The topological polar surface area (TPSA) is 32.3 Å². The van der Waals surface area contributed by atoms with Gasteiger partial charge in [0.05, 0.1) is 0 Å². The highest BCUT2D eigenvalue weighted by molar-refractivity contribution is 5.25. The molecule has 2 N–H and O–H groups in total. The number of phenolic OH excluding ortho intramolecular Hbond substituents is 1. The monoisotopic (exact) mass is 247 g/mol. The van der Waals surface area contributed by atoms with Gasteiger partial charge in [-0.15, -0.1) is 0 Å². The van der Waals surface area contributed by atoms with Crippen LogP contribution in [0, 0.1) is 5.92 Å². The second kappa shape index (κ2) is 7.42. The maximum absolute atomic E-state index is 9.21. The van der Waals surface area contributed by atoms with E-state index in [9.17, 15) is 5.11 Å². The largest absolute Gasteiger partial charge is 0.508 e. The molecular weight excluding hydrogens is 222 g/mol. The minimum Gasteiger partial charge on any atom is -0.508 e. The molecule has 0 aromatic heterocycles. The Kier molecular flexibility index (Phi) is 5.53. The molecule has 1 aromatic carbocycles. The minimum atomic E-state index is 0.352. The summed E-state index contributed by atoms with van der Waals surface area (Å²) >= 11 is 0. The Morgan fingerprint density at radius 2 is 1.67 bits per heavy atom. The van der Waals surface area contributed by atoms with Crippen molar-refractivity contribution < 1.29 is 5.11 Å². The van der Waals surface area contributed by atoms with Crippen LogP contribution in [0.5, 0.6) is 5.75 Å². The summed E-state index contributed by atoms with van der Waals surface area (Å²) in [6, 6.07) is 7.53. The number of benzene rings is 1. The Labute approximate surface area is 110 Å². The van der Waals surface area contributed by atoms with E-state index in [1.54, 1.807) is 12.1 Å². The fraction of sp³-hybridized carbons (Fsp3) is 0.625. The molecule has 100 valence electrons. The van der Waals surface area contributed by atoms with Gasteiger partial charge in [-0.3, -0.25) is 0 Å². The molecule has 0 atom stereocenters. The number of phenols is 1. The standard InChI is InChI=1S/C16H25NO/c18-16-9-7-14(8-10-16)11-12-17-13-15-5-3-1-2-4-6-15/h7-10,15,17-18H,1-6,11-13H2. The molecule has 2 nitrogen and oxygen atoms in total. The van der Waals surface area contributed by atoms with Crippen molar-refractivity contribution in [1.29, 1.82) is 0 Å². The molecule has 1 saturated carbocycles. The molecule has 0 aliphatic heterocycles. The molecule has 0 saturated heterocycles. The fourth-order valence-electron chi connectivity index (χ4n) is 2.77. The summed E-state index contributed by atoms with van der Waals surface area (Å²) in [5.74, 6) is 1.25. The third-order valence-corrected chi connectivity index (χ3v) is 3.93. The molecule has 0 bridgehead atoms. The van der Waals surface area contributed by atoms with Gasteiger partial charge >= 0.3 is 0 Å². The van der Waals surface area contributed by atoms with E-state index in [2.05, 4.69) is 5.32 Å². The summed E-state index contributed by atoms with van der Waals surface area (Å²) in [5, 5.41) is 12.8. The van der Waals surface area contributed by atoms with Crippen LogP contribution in [-0.4, -0.2) is 18.2 Å². The van der Waals surface area contributed by atoms with Crippen molar-refractivity contribution in [2.24, 2.45) is 5.92 Å². The molecule has 18 heavy (non-hydrogen) atoms. The van der Waals surface area contributed by atoms with E-state index < -0.39 is 0 Å². The van der Waals surface area contributed by atoms with Crippen molar-refractivity contribution in [3.8, 4) is 5.75 Å². The molecule has 0 radical (unpaired) electrons. The van der Waals surface area contributed by atoms with Gasteiger partial charge in [0, 0.05) is 0 Å². The molecule has 0 heterocycles. The van der Waals surface area contributed by atoms with Crippen molar-refractivity contribution >= 4 is 0 Å². The van der Waals surface area contributed by atoms with Gasteiger partial charge < -0.3 is 10.4 Å². The van der Waals surface area contributed by atoms with E-state index in [1.165, 1.54) is 50.6 Å². The zero-order chi connectivity index (χ0) is 12.6. The van der Waals surface area contributed by atoms with Crippen molar-refractivity contribution in [3.05, 3.63) is 29.8 Å². The average Bonchev–Trinajstić information content (AvgIpc) is 2.65. The van der Waals surface area contributed by atoms with Crippen LogP contribution in [0.2, 0.25) is 0 Å². The van der Waals surface area contributed by atoms with Crippen LogP contribution in [0.3, 0.4) is 0 Å². The van der Waals surface area contributed by atoms with Crippen LogP contribution in [0.1, 0.15) is 44.1 Å². The van der Waals surface area contributed by atoms with Gasteiger partial charge in [-0.25, -0.2) is 0 Å². The maximum atomic E-state index is 9.21. The molecule has 2 rings (SSSR count). The van der Waals surface area contributed by atoms with E-state index in [0.29, 0.717) is 5.75 Å². The highest BCUT2D eigenvalue weighted by Gasteiger charge is 2.11. The Morgan fingerprint density at radius 1 is 1.00 bits per heavy atom. The Bertz CT molecular complexity index is 325. The quantitative estimate of drug-likeness (QED) is 0.616. The van der Waals surface area contributed by atoms with E-state index in [-0.39, 0.29) is 0 Å². The first kappa shape index (κ1) is 13.4. The summed E-state index contributed by atoms with van der Waals surface area (Å²) in [6.07, 6.45) is 9.58. The summed E-state index contributed by atoms with van der Waals surface area (Å²) < 4.78 is 0. The van der Waals surface area contributed by atoms with Crippen LogP contribution in [0.25, 0.3) is 0 Å². The Hall–Kier alpha value is -1.02. The molecule has 0 spiro atoms. The molecule has 0 amide bonds. The lowest BCUT2D eigenvalue weighted by atomic mass is 10.0. The van der Waals surface area contributed by atoms with Gasteiger partial charge in [0.25, 0.3) is 0 Å². The third kappa shape index (κ3) is 4.69. The predicted octanol–water partition coefficient (Wildman–Crippen LogP) is 3.49. The summed E-state index contributed by atoms with van der Waals surface area (Å²) in [4.78, 5) is 0. The normalized spacial score (nSPS) is 17.6. The molecule has 1 aromatic rings. The Morgan fingerprint density at radius 3 is 2.33 bits per heavy atom. The molecule has 2 heteroatoms. The second-order valence-corrected chi connectivity index (χ2v) is 5.48. The molecule has 1 aliphatic carbocycles. The van der Waals surface area contributed by atoms with Gasteiger partial charge in [0.2, 0.25) is 0 Å². The summed E-state index contributed by atoms with van der Waals surface area (Å²) in [6.45, 7) is 2.22. The van der Waals surface area contributed by atoms with Crippen molar-refractivity contribution in [1.82, 2.24) is 5.32 Å². The summed E-state index contributed by atoms with van der Waals surface area (Å²) in [7, 11) is 0. The fourth-order valence-corrected chi connectivity index (χ4v) is 2.77. The third-order valence-electron chi connectivity index (χ3n) is 3.93. The first-order chi connectivity index (χ1) is 8.84. The minimum absolute atomic E-state index is 0.352. The first-order valence-electron chi connectivity index (χ1n) is 7.33. The summed E-state index contributed by atoms with van der Waals surface area (Å²) in [5.41, 5.74) is 1.29. The van der Waals surface area contributed by atoms with E-state index in [4.69, 9.17) is 0 Å². The van der Waals surface area contributed by atoms with Gasteiger partial charge in [-0.1, -0.05) is 37.8 Å². The highest BCUT2D eigenvalue weighted by Crippen LogP contribution is 2.22. The van der Waals surface area contributed by atoms with Gasteiger partial charge in [-0.05, 0) is 56.0 Å². The van der Waals surface area contributed by atoms with Crippen LogP contribution < -0.4 is 5.32 Å². The average molecular weight is 247 g/mol. The number of nitrogens with one attached hydrogen (secondary N) is 1. The van der Waals surface area contributed by atoms with Crippen molar-refractivity contribution in [2.75, 3.05) is 13.1 Å². The number of hydrogen-bond donors (Lipinski definition) is 2. The van der Waals surface area contributed by atoms with Gasteiger partial charge in [0.1, 0.15) is 5.75 Å². The molecule has 0 unspecified atom stereocenters. The van der Waals surface area contributed by atoms with Gasteiger partial charge in [-0.2, -0.15) is 0 Å². The van der Waals surface area contributed by atoms with Crippen LogP contribution in [0.15, 0.2) is 24.3 Å². The predicted molar refractivity (Wildman–Crippen MR) is 75.9 cm³/mol. The zero-order valence-electron chi connectivity index (χ0n) is 11.2. The smallest absolute Gasteiger partial charge is 0.115 e. The Balaban J connectivity index is 1.61. The van der Waals surface area contributed by atoms with Crippen LogP contribution in [0.4, 0.5) is 0 Å². The second-order valence-electron chi connectivity index (χ2n) is 5.48. The van der Waals surface area contributed by atoms with E-state index >= 15 is 0 Å². The van der Waals surface area contributed by atoms with E-state index in [1.807, 2.05) is 12.1 Å². The lowest BCUT2D eigenvalue weighted by Gasteiger charge is -2.14. The van der Waals surface area contributed by atoms with Crippen molar-refractivity contribution in [2.45, 2.75) is 44.9 Å². The van der Waals surface area contributed by atoms with Crippen molar-refractivity contribution in [3.63, 3.8) is 0 Å². The molecule has 1 aliphatic rings. The number of hydrogen-bond acceptors (Lipinski definition) is 2. The lowest BCUT2D eigenvalue weighted by molar-refractivity contribution is 0.427.